The van der Waals surface area contributed by atoms with Gasteiger partial charge in [-0.1, -0.05) is 37.3 Å². The summed E-state index contributed by atoms with van der Waals surface area (Å²) in [6.07, 6.45) is 0.169. The van der Waals surface area contributed by atoms with Crippen LogP contribution in [-0.4, -0.2) is 38.3 Å². The first-order chi connectivity index (χ1) is 12.9. The minimum Gasteiger partial charge on any atom is -0.493 e. The van der Waals surface area contributed by atoms with Crippen molar-refractivity contribution in [3.05, 3.63) is 53.6 Å². The van der Waals surface area contributed by atoms with Crippen molar-refractivity contribution in [2.24, 2.45) is 0 Å². The van der Waals surface area contributed by atoms with E-state index in [1.807, 2.05) is 0 Å². The molecule has 0 aliphatic carbocycles. The average molecular weight is 373 g/mol. The summed E-state index contributed by atoms with van der Waals surface area (Å²) >= 11 is 0. The Kier molecular flexibility index (Phi) is 6.28. The Bertz CT molecular complexity index is 795. The molecule has 0 fully saturated rings. The van der Waals surface area contributed by atoms with E-state index < -0.39 is 17.4 Å². The molecule has 0 spiro atoms. The molecule has 0 saturated carbocycles. The van der Waals surface area contributed by atoms with Crippen molar-refractivity contribution in [1.29, 1.82) is 0 Å². The van der Waals surface area contributed by atoms with E-state index in [-0.39, 0.29) is 12.0 Å². The Morgan fingerprint density at radius 3 is 1.96 bits per heavy atom. The normalized spacial score (nSPS) is 12.6. The molecule has 1 atom stereocenters. The molecule has 0 bridgehead atoms. The number of carbonyl (C=O) groups is 2. The molecule has 0 aromatic heterocycles. The molecule has 0 saturated heterocycles. The van der Waals surface area contributed by atoms with Crippen molar-refractivity contribution < 1.29 is 28.9 Å². The van der Waals surface area contributed by atoms with Crippen molar-refractivity contribution in [3.63, 3.8) is 0 Å². The number of aliphatic carboxylic acids is 1. The fourth-order valence-electron chi connectivity index (χ4n) is 2.89. The van der Waals surface area contributed by atoms with E-state index in [0.717, 1.165) is 0 Å². The van der Waals surface area contributed by atoms with Gasteiger partial charge >= 0.3 is 5.97 Å². The molecule has 144 valence electrons. The highest BCUT2D eigenvalue weighted by Crippen LogP contribution is 2.38. The molecule has 7 heteroatoms. The number of nitrogens with one attached hydrogen (secondary N) is 1. The Balaban J connectivity index is 2.49. The maximum atomic E-state index is 12.9. The van der Waals surface area contributed by atoms with Crippen LogP contribution in [0.25, 0.3) is 0 Å². The standard InChI is InChI=1S/C20H23NO6/c1-5-20(19(23)24,14-9-7-6-8-10-14)21-18(22)13-11-15(25-2)17(27-4)16(12-13)26-3/h6-12H,5H2,1-4H3,(H,21,22)(H,23,24). The molecule has 1 amide bonds. The quantitative estimate of drug-likeness (QED) is 0.739. The topological polar surface area (TPSA) is 94.1 Å². The fraction of sp³-hybridized carbons (Fsp3) is 0.300. The van der Waals surface area contributed by atoms with Gasteiger partial charge < -0.3 is 24.6 Å². The van der Waals surface area contributed by atoms with Crippen molar-refractivity contribution in [2.45, 2.75) is 18.9 Å². The van der Waals surface area contributed by atoms with Gasteiger partial charge in [0.05, 0.1) is 21.3 Å². The second kappa shape index (κ2) is 8.44. The van der Waals surface area contributed by atoms with E-state index in [0.29, 0.717) is 22.8 Å². The molecule has 0 heterocycles. The van der Waals surface area contributed by atoms with E-state index in [9.17, 15) is 14.7 Å². The minimum absolute atomic E-state index is 0.169. The number of hydrogen-bond acceptors (Lipinski definition) is 5. The van der Waals surface area contributed by atoms with E-state index in [1.54, 1.807) is 37.3 Å². The molecule has 2 rings (SSSR count). The summed E-state index contributed by atoms with van der Waals surface area (Å²) in [4.78, 5) is 25.0. The van der Waals surface area contributed by atoms with Crippen molar-refractivity contribution >= 4 is 11.9 Å². The third kappa shape index (κ3) is 3.81. The summed E-state index contributed by atoms with van der Waals surface area (Å²) in [7, 11) is 4.34. The number of amides is 1. The first-order valence-corrected chi connectivity index (χ1v) is 8.35. The van der Waals surface area contributed by atoms with Gasteiger partial charge in [-0.25, -0.2) is 4.79 Å². The molecule has 0 radical (unpaired) electrons. The third-order valence-electron chi connectivity index (χ3n) is 4.42. The lowest BCUT2D eigenvalue weighted by atomic mass is 9.87. The zero-order valence-electron chi connectivity index (χ0n) is 15.7. The predicted octanol–water partition coefficient (Wildman–Crippen LogP) is 2.83. The number of carboxylic acids is 1. The molecule has 0 aliphatic rings. The van der Waals surface area contributed by atoms with Gasteiger partial charge in [0, 0.05) is 5.56 Å². The number of ether oxygens (including phenoxy) is 3. The zero-order valence-corrected chi connectivity index (χ0v) is 15.7. The van der Waals surface area contributed by atoms with Gasteiger partial charge in [-0.05, 0) is 24.1 Å². The van der Waals surface area contributed by atoms with Crippen LogP contribution in [0.15, 0.2) is 42.5 Å². The van der Waals surface area contributed by atoms with Crippen molar-refractivity contribution in [3.8, 4) is 17.2 Å². The number of hydrogen-bond donors (Lipinski definition) is 2. The van der Waals surface area contributed by atoms with E-state index in [2.05, 4.69) is 5.32 Å². The summed E-state index contributed by atoms with van der Waals surface area (Å²) in [5, 5.41) is 12.5. The van der Waals surface area contributed by atoms with Gasteiger partial charge in [0.2, 0.25) is 5.75 Å². The van der Waals surface area contributed by atoms with Crippen LogP contribution in [-0.2, 0) is 10.3 Å². The SMILES string of the molecule is CCC(NC(=O)c1cc(OC)c(OC)c(OC)c1)(C(=O)O)c1ccccc1. The molecule has 27 heavy (non-hydrogen) atoms. The number of carbonyl (C=O) groups excluding carboxylic acids is 1. The monoisotopic (exact) mass is 373 g/mol. The number of rotatable bonds is 8. The molecule has 0 aliphatic heterocycles. The zero-order chi connectivity index (χ0) is 20.0. The predicted molar refractivity (Wildman–Crippen MR) is 99.6 cm³/mol. The summed E-state index contributed by atoms with van der Waals surface area (Å²) < 4.78 is 15.8. The smallest absolute Gasteiger partial charge is 0.334 e. The molecule has 2 aromatic carbocycles. The lowest BCUT2D eigenvalue weighted by Gasteiger charge is -2.30. The summed E-state index contributed by atoms with van der Waals surface area (Å²) in [6.45, 7) is 1.70. The number of benzene rings is 2. The first kappa shape index (κ1) is 20.1. The highest BCUT2D eigenvalue weighted by Gasteiger charge is 2.40. The maximum Gasteiger partial charge on any atom is 0.334 e. The average Bonchev–Trinajstić information content (AvgIpc) is 2.70. The van der Waals surface area contributed by atoms with Gasteiger partial charge in [0.25, 0.3) is 5.91 Å². The minimum atomic E-state index is -1.56. The molecule has 2 aromatic rings. The van der Waals surface area contributed by atoms with Crippen LogP contribution in [0.1, 0.15) is 29.3 Å². The molecule has 2 N–H and O–H groups in total. The lowest BCUT2D eigenvalue weighted by Crippen LogP contribution is -2.51. The van der Waals surface area contributed by atoms with Gasteiger partial charge in [0.1, 0.15) is 0 Å². The highest BCUT2D eigenvalue weighted by atomic mass is 16.5. The van der Waals surface area contributed by atoms with Crippen LogP contribution in [0.4, 0.5) is 0 Å². The van der Waals surface area contributed by atoms with Crippen LogP contribution < -0.4 is 19.5 Å². The second-order valence-electron chi connectivity index (χ2n) is 5.80. The fourth-order valence-corrected chi connectivity index (χ4v) is 2.89. The van der Waals surface area contributed by atoms with Crippen LogP contribution in [0.3, 0.4) is 0 Å². The van der Waals surface area contributed by atoms with Gasteiger partial charge in [-0.2, -0.15) is 0 Å². The van der Waals surface area contributed by atoms with E-state index >= 15 is 0 Å². The number of carboxylic acid groups (broad SMARTS) is 1. The van der Waals surface area contributed by atoms with Crippen LogP contribution in [0.5, 0.6) is 17.2 Å². The largest absolute Gasteiger partial charge is 0.493 e. The first-order valence-electron chi connectivity index (χ1n) is 8.35. The molecule has 1 unspecified atom stereocenters. The lowest BCUT2D eigenvalue weighted by molar-refractivity contribution is -0.145. The van der Waals surface area contributed by atoms with Gasteiger partial charge in [0.15, 0.2) is 17.0 Å². The van der Waals surface area contributed by atoms with Gasteiger partial charge in [-0.15, -0.1) is 0 Å². The van der Waals surface area contributed by atoms with E-state index in [1.165, 1.54) is 33.5 Å². The summed E-state index contributed by atoms with van der Waals surface area (Å²) in [5.41, 5.74) is -0.876. The third-order valence-corrected chi connectivity index (χ3v) is 4.42. The van der Waals surface area contributed by atoms with E-state index in [4.69, 9.17) is 14.2 Å². The van der Waals surface area contributed by atoms with Crippen molar-refractivity contribution in [2.75, 3.05) is 21.3 Å². The Morgan fingerprint density at radius 1 is 1.00 bits per heavy atom. The van der Waals surface area contributed by atoms with Gasteiger partial charge in [-0.3, -0.25) is 4.79 Å². The molecular formula is C20H23NO6. The highest BCUT2D eigenvalue weighted by molar-refractivity contribution is 5.99. The maximum absolute atomic E-state index is 12.9. The summed E-state index contributed by atoms with van der Waals surface area (Å²) in [5.74, 6) is -0.753. The Labute approximate surface area is 157 Å². The Morgan fingerprint density at radius 2 is 1.56 bits per heavy atom. The molecular weight excluding hydrogens is 350 g/mol. The van der Waals surface area contributed by atoms with Crippen LogP contribution in [0, 0.1) is 0 Å². The second-order valence-corrected chi connectivity index (χ2v) is 5.80. The van der Waals surface area contributed by atoms with Crippen LogP contribution >= 0.6 is 0 Å². The van der Waals surface area contributed by atoms with Crippen LogP contribution in [0.2, 0.25) is 0 Å². The Hall–Kier alpha value is -3.22. The van der Waals surface area contributed by atoms with Crippen molar-refractivity contribution in [1.82, 2.24) is 5.32 Å². The number of methoxy groups -OCH3 is 3. The molecule has 7 nitrogen and oxygen atoms in total. The summed E-state index contributed by atoms with van der Waals surface area (Å²) in [6, 6.07) is 11.5.